The number of benzene rings is 1. The van der Waals surface area contributed by atoms with Crippen LogP contribution >= 0.6 is 0 Å². The highest BCUT2D eigenvalue weighted by atomic mass is 19.1. The lowest BCUT2D eigenvalue weighted by Gasteiger charge is -2.47. The number of anilines is 1. The van der Waals surface area contributed by atoms with Gasteiger partial charge in [0.05, 0.1) is 30.5 Å². The maximum Gasteiger partial charge on any atom is 0.411 e. The number of likely N-dealkylation sites (N-methyl/N-ethyl adjacent to an activating group) is 1. The van der Waals surface area contributed by atoms with Gasteiger partial charge in [-0.1, -0.05) is 39.8 Å². The Hall–Kier alpha value is -3.70. The molecule has 3 heterocycles. The molecule has 3 saturated heterocycles. The minimum atomic E-state index is -3.21. The zero-order valence-electron chi connectivity index (χ0n) is 37.0. The highest BCUT2D eigenvalue weighted by molar-refractivity contribution is 6.08. The summed E-state index contributed by atoms with van der Waals surface area (Å²) in [7, 11) is 5.00. The number of Topliss-reactive ketones (excluding diaryl/α,β-unsaturated/α-hetero) is 2. The van der Waals surface area contributed by atoms with Crippen molar-refractivity contribution in [1.29, 1.82) is 0 Å². The maximum atomic E-state index is 16.9. The second-order valence-electron chi connectivity index (χ2n) is 17.5. The third kappa shape index (κ3) is 9.93. The van der Waals surface area contributed by atoms with Crippen LogP contribution in [0.1, 0.15) is 92.2 Å². The number of aliphatic hydroxyl groups excluding tert-OH is 1. The molecule has 332 valence electrons. The SMILES string of the molecule is CC[C@H]1OC(=O)[C@@](C)(F)C(=O)[C@H](C)[C@@H](O[C@@H]2O[C@H](C)C[C@H](N(C)C)[C@H]2O)[C@](C)(OC)C[C@@H](C)C(=O)[C@H](C)[C@H]2N(CCCOC(=O)Nc3cccc(C)c3C)C(=O)O[C@]12C. The number of carbonyl (C=O) groups is 5. The second kappa shape index (κ2) is 18.9. The molecular formula is C43H66FN3O12. The molecule has 59 heavy (non-hydrogen) atoms. The number of hydrogen-bond donors (Lipinski definition) is 2. The Morgan fingerprint density at radius 1 is 1.07 bits per heavy atom. The van der Waals surface area contributed by atoms with Gasteiger partial charge in [-0.05, 0) is 98.5 Å². The number of cyclic esters (lactones) is 1. The van der Waals surface area contributed by atoms with Gasteiger partial charge in [-0.3, -0.25) is 14.9 Å². The van der Waals surface area contributed by atoms with Crippen molar-refractivity contribution in [1.82, 2.24) is 9.80 Å². The maximum absolute atomic E-state index is 16.9. The number of hydrogen-bond acceptors (Lipinski definition) is 13. The fourth-order valence-corrected chi connectivity index (χ4v) is 9.14. The number of amides is 2. The van der Waals surface area contributed by atoms with Crippen LogP contribution in [0.25, 0.3) is 0 Å². The summed E-state index contributed by atoms with van der Waals surface area (Å²) in [6.45, 7) is 15.9. The highest BCUT2D eigenvalue weighted by Crippen LogP contribution is 2.43. The van der Waals surface area contributed by atoms with Crippen LogP contribution in [-0.4, -0.2) is 139 Å². The van der Waals surface area contributed by atoms with Crippen molar-refractivity contribution in [2.75, 3.05) is 39.7 Å². The van der Waals surface area contributed by atoms with Crippen molar-refractivity contribution in [3.05, 3.63) is 29.3 Å². The number of nitrogens with zero attached hydrogens (tertiary/aromatic N) is 2. The summed E-state index contributed by atoms with van der Waals surface area (Å²) in [5.41, 5.74) is -3.88. The summed E-state index contributed by atoms with van der Waals surface area (Å²) in [5, 5.41) is 14.1. The molecule has 2 N–H and O–H groups in total. The number of aryl methyl sites for hydroxylation is 1. The molecule has 15 nitrogen and oxygen atoms in total. The van der Waals surface area contributed by atoms with E-state index in [-0.39, 0.29) is 50.3 Å². The molecule has 0 aromatic heterocycles. The Bertz CT molecular complexity index is 1710. The molecule has 13 atom stereocenters. The summed E-state index contributed by atoms with van der Waals surface area (Å²) < 4.78 is 52.7. The van der Waals surface area contributed by atoms with E-state index in [0.29, 0.717) is 12.1 Å². The number of carbonyl (C=O) groups excluding carboxylic acids is 5. The molecule has 0 aliphatic carbocycles. The number of rotatable bonds is 10. The first-order valence-electron chi connectivity index (χ1n) is 20.6. The van der Waals surface area contributed by atoms with Gasteiger partial charge < -0.3 is 43.3 Å². The molecule has 3 aliphatic rings. The normalized spacial score (nSPS) is 37.4. The van der Waals surface area contributed by atoms with E-state index in [0.717, 1.165) is 18.1 Å². The molecule has 1 aromatic carbocycles. The zero-order chi connectivity index (χ0) is 44.4. The number of halogens is 1. The van der Waals surface area contributed by atoms with Gasteiger partial charge in [-0.25, -0.2) is 18.8 Å². The summed E-state index contributed by atoms with van der Waals surface area (Å²) >= 11 is 0. The molecule has 1 aromatic rings. The van der Waals surface area contributed by atoms with E-state index in [1.807, 2.05) is 51.9 Å². The van der Waals surface area contributed by atoms with E-state index in [2.05, 4.69) is 5.32 Å². The van der Waals surface area contributed by atoms with Crippen LogP contribution in [0.3, 0.4) is 0 Å². The van der Waals surface area contributed by atoms with Gasteiger partial charge in [0.2, 0.25) is 0 Å². The van der Waals surface area contributed by atoms with Gasteiger partial charge >= 0.3 is 18.2 Å². The van der Waals surface area contributed by atoms with Crippen molar-refractivity contribution in [3.8, 4) is 0 Å². The zero-order valence-corrected chi connectivity index (χ0v) is 37.0. The van der Waals surface area contributed by atoms with Crippen molar-refractivity contribution >= 4 is 35.4 Å². The Balaban J connectivity index is 1.68. The quantitative estimate of drug-likeness (QED) is 0.130. The first kappa shape index (κ1) is 48.0. The van der Waals surface area contributed by atoms with E-state index in [1.54, 1.807) is 33.8 Å². The van der Waals surface area contributed by atoms with Gasteiger partial charge in [-0.15, -0.1) is 0 Å². The lowest BCUT2D eigenvalue weighted by atomic mass is 9.73. The summed E-state index contributed by atoms with van der Waals surface area (Å²) in [4.78, 5) is 72.4. The number of esters is 1. The number of alkyl halides is 1. The molecule has 16 heteroatoms. The third-order valence-corrected chi connectivity index (χ3v) is 12.8. The standard InChI is InChI=1S/C43H66FN3O12/c1-14-31-43(10)34(47(40(53)59-43)19-16-20-55-39(52)45-29-18-15-17-23(2)26(29)5)27(6)32(48)24(3)22-41(8,54-13)36(28(7)35(50)42(9,44)38(51)57-31)58-37-33(49)30(46(11)12)21-25(4)56-37/h15,17-18,24-25,27-28,30-31,33-34,36-37,49H,14,16,19-22H2,1-13H3,(H,45,52)/t24-,25-,27+,28+,30+,31-,33-,34-,36-,37+,41-,42+,43-/m1/s1. The minimum absolute atomic E-state index is 0.00910. The molecule has 3 aliphatic heterocycles. The Morgan fingerprint density at radius 3 is 2.34 bits per heavy atom. The van der Waals surface area contributed by atoms with Crippen molar-refractivity contribution in [2.24, 2.45) is 17.8 Å². The molecular weight excluding hydrogens is 769 g/mol. The number of aliphatic hydroxyl groups is 1. The van der Waals surface area contributed by atoms with E-state index < -0.39 is 89.2 Å². The highest BCUT2D eigenvalue weighted by Gasteiger charge is 2.61. The fraction of sp³-hybridized carbons (Fsp3) is 0.744. The predicted octanol–water partition coefficient (Wildman–Crippen LogP) is 5.54. The first-order chi connectivity index (χ1) is 27.4. The van der Waals surface area contributed by atoms with Crippen molar-refractivity contribution in [2.45, 2.75) is 155 Å². The lowest BCUT2D eigenvalue weighted by Crippen LogP contribution is -2.61. The largest absolute Gasteiger partial charge is 0.455 e. The Labute approximate surface area is 347 Å². The predicted molar refractivity (Wildman–Crippen MR) is 215 cm³/mol. The van der Waals surface area contributed by atoms with Gasteiger partial charge in [0.25, 0.3) is 5.67 Å². The summed E-state index contributed by atoms with van der Waals surface area (Å²) in [6.07, 6.45) is -6.27. The van der Waals surface area contributed by atoms with Crippen molar-refractivity contribution in [3.63, 3.8) is 0 Å². The number of ether oxygens (including phenoxy) is 6. The van der Waals surface area contributed by atoms with E-state index in [1.165, 1.54) is 25.9 Å². The summed E-state index contributed by atoms with van der Waals surface area (Å²) in [6, 6.07) is 4.09. The molecule has 3 fully saturated rings. The number of fused-ring (bicyclic) bond motifs is 1. The monoisotopic (exact) mass is 835 g/mol. The average Bonchev–Trinajstić information content (AvgIpc) is 3.44. The Kier molecular flexibility index (Phi) is 15.4. The first-order valence-corrected chi connectivity index (χ1v) is 20.6. The number of methoxy groups -OCH3 is 1. The minimum Gasteiger partial charge on any atom is -0.455 e. The molecule has 4 rings (SSSR count). The number of nitrogens with one attached hydrogen (secondary N) is 1. The van der Waals surface area contributed by atoms with Crippen LogP contribution < -0.4 is 5.32 Å². The molecule has 0 saturated carbocycles. The fourth-order valence-electron chi connectivity index (χ4n) is 9.14. The molecule has 0 radical (unpaired) electrons. The van der Waals surface area contributed by atoms with E-state index in [9.17, 15) is 29.1 Å². The van der Waals surface area contributed by atoms with Gasteiger partial charge in [0.15, 0.2) is 17.7 Å². The number of ketones is 2. The molecule has 0 unspecified atom stereocenters. The van der Waals surface area contributed by atoms with Crippen molar-refractivity contribution < 1.29 is 61.9 Å². The molecule has 0 bridgehead atoms. The molecule has 2 amide bonds. The summed E-state index contributed by atoms with van der Waals surface area (Å²) in [5.74, 6) is -6.09. The van der Waals surface area contributed by atoms with Gasteiger partial charge in [-0.2, -0.15) is 0 Å². The van der Waals surface area contributed by atoms with Crippen LogP contribution in [0.4, 0.5) is 19.7 Å². The van der Waals surface area contributed by atoms with Crippen LogP contribution in [0.2, 0.25) is 0 Å². The van der Waals surface area contributed by atoms with Crippen LogP contribution in [0.5, 0.6) is 0 Å². The van der Waals surface area contributed by atoms with E-state index >= 15 is 4.39 Å². The van der Waals surface area contributed by atoms with Gasteiger partial charge in [0, 0.05) is 43.1 Å². The Morgan fingerprint density at radius 2 is 1.73 bits per heavy atom. The lowest BCUT2D eigenvalue weighted by molar-refractivity contribution is -0.295. The molecule has 0 spiro atoms. The van der Waals surface area contributed by atoms with E-state index in [4.69, 9.17) is 28.4 Å². The van der Waals surface area contributed by atoms with Crippen LogP contribution in [0.15, 0.2) is 18.2 Å². The third-order valence-electron chi connectivity index (χ3n) is 12.8. The topological polar surface area (TPSA) is 179 Å². The van der Waals surface area contributed by atoms with Crippen LogP contribution in [0, 0.1) is 31.6 Å². The average molecular weight is 836 g/mol. The second-order valence-corrected chi connectivity index (χ2v) is 17.5. The smallest absolute Gasteiger partial charge is 0.411 e. The van der Waals surface area contributed by atoms with Gasteiger partial charge in [0.1, 0.15) is 18.0 Å². The van der Waals surface area contributed by atoms with Crippen LogP contribution in [-0.2, 0) is 42.8 Å².